The Bertz CT molecular complexity index is 757. The number of nitrogens with one attached hydrogen (secondary N) is 2. The Hall–Kier alpha value is -2.70. The predicted molar refractivity (Wildman–Crippen MR) is 104 cm³/mol. The van der Waals surface area contributed by atoms with Gasteiger partial charge in [0.2, 0.25) is 5.95 Å². The molecule has 6 nitrogen and oxygen atoms in total. The van der Waals surface area contributed by atoms with Gasteiger partial charge in [-0.3, -0.25) is 4.79 Å². The predicted octanol–water partition coefficient (Wildman–Crippen LogP) is 3.08. The van der Waals surface area contributed by atoms with Crippen molar-refractivity contribution in [2.45, 2.75) is 31.7 Å². The van der Waals surface area contributed by atoms with Gasteiger partial charge in [-0.25, -0.2) is 9.37 Å². The number of rotatable bonds is 6. The molecule has 1 fully saturated rings. The fourth-order valence-electron chi connectivity index (χ4n) is 3.30. The fraction of sp³-hybridized carbons (Fsp3) is 0.450. The first-order chi connectivity index (χ1) is 13.0. The normalized spacial score (nSPS) is 19.4. The van der Waals surface area contributed by atoms with Crippen LogP contribution in [0.3, 0.4) is 0 Å². The van der Waals surface area contributed by atoms with Crippen LogP contribution in [0.5, 0.6) is 0 Å². The molecule has 144 valence electrons. The van der Waals surface area contributed by atoms with Gasteiger partial charge in [-0.1, -0.05) is 0 Å². The monoisotopic (exact) mass is 371 g/mol. The summed E-state index contributed by atoms with van der Waals surface area (Å²) in [7, 11) is 3.91. The number of hydrogen-bond acceptors (Lipinski definition) is 5. The van der Waals surface area contributed by atoms with Gasteiger partial charge in [-0.05, 0) is 61.9 Å². The van der Waals surface area contributed by atoms with E-state index in [1.54, 1.807) is 6.20 Å². The molecule has 1 aliphatic carbocycles. The van der Waals surface area contributed by atoms with Crippen LogP contribution in [-0.2, 0) is 0 Å². The topological polar surface area (TPSA) is 70.2 Å². The molecule has 2 N–H and O–H groups in total. The Morgan fingerprint density at radius 2 is 1.85 bits per heavy atom. The third-order valence-corrected chi connectivity index (χ3v) is 4.94. The number of amides is 1. The van der Waals surface area contributed by atoms with E-state index in [0.29, 0.717) is 30.0 Å². The van der Waals surface area contributed by atoms with Gasteiger partial charge < -0.3 is 15.5 Å². The van der Waals surface area contributed by atoms with Gasteiger partial charge in [0.1, 0.15) is 11.6 Å². The summed E-state index contributed by atoms with van der Waals surface area (Å²) in [6.07, 6.45) is 5.88. The third-order valence-electron chi connectivity index (χ3n) is 4.94. The molecule has 0 bridgehead atoms. The van der Waals surface area contributed by atoms with Crippen LogP contribution in [0.15, 0.2) is 36.5 Å². The van der Waals surface area contributed by atoms with Gasteiger partial charge in [0, 0.05) is 38.4 Å². The highest BCUT2D eigenvalue weighted by atomic mass is 19.1. The van der Waals surface area contributed by atoms with Crippen LogP contribution >= 0.6 is 0 Å². The molecule has 1 aliphatic rings. The number of hydrogen-bond donors (Lipinski definition) is 2. The van der Waals surface area contributed by atoms with Crippen molar-refractivity contribution in [2.75, 3.05) is 30.9 Å². The van der Waals surface area contributed by atoms with Gasteiger partial charge in [0.25, 0.3) is 5.91 Å². The van der Waals surface area contributed by atoms with Gasteiger partial charge in [-0.15, -0.1) is 0 Å². The van der Waals surface area contributed by atoms with Gasteiger partial charge in [0.05, 0.1) is 0 Å². The van der Waals surface area contributed by atoms with Crippen molar-refractivity contribution in [1.82, 2.24) is 15.3 Å². The van der Waals surface area contributed by atoms with Crippen LogP contribution in [0.4, 0.5) is 16.2 Å². The second-order valence-electron chi connectivity index (χ2n) is 7.21. The lowest BCUT2D eigenvalue weighted by molar-refractivity contribution is 0.0943. The highest BCUT2D eigenvalue weighted by Gasteiger charge is 2.22. The Morgan fingerprint density at radius 1 is 1.15 bits per heavy atom. The maximum atomic E-state index is 12.9. The third kappa shape index (κ3) is 5.39. The van der Waals surface area contributed by atoms with Crippen molar-refractivity contribution in [3.05, 3.63) is 47.9 Å². The molecule has 1 heterocycles. The number of halogens is 1. The quantitative estimate of drug-likeness (QED) is 0.817. The molecule has 3 rings (SSSR count). The molecule has 1 aromatic heterocycles. The molecule has 1 amide bonds. The minimum atomic E-state index is -0.336. The Kier molecular flexibility index (Phi) is 6.21. The molecule has 0 unspecified atom stereocenters. The lowest BCUT2D eigenvalue weighted by Crippen LogP contribution is -2.34. The van der Waals surface area contributed by atoms with Crippen LogP contribution in [-0.4, -0.2) is 42.6 Å². The first-order valence-corrected chi connectivity index (χ1v) is 9.32. The van der Waals surface area contributed by atoms with Gasteiger partial charge in [-0.2, -0.15) is 4.98 Å². The summed E-state index contributed by atoms with van der Waals surface area (Å²) in [6.45, 7) is 0.648. The van der Waals surface area contributed by atoms with Crippen molar-refractivity contribution in [3.8, 4) is 0 Å². The van der Waals surface area contributed by atoms with E-state index >= 15 is 0 Å². The summed E-state index contributed by atoms with van der Waals surface area (Å²) in [6, 6.07) is 7.86. The minimum Gasteiger partial charge on any atom is -0.363 e. The van der Waals surface area contributed by atoms with Crippen LogP contribution in [0.2, 0.25) is 0 Å². The second kappa shape index (κ2) is 8.79. The molecular formula is C20H26FN5O. The van der Waals surface area contributed by atoms with Crippen LogP contribution in [0.25, 0.3) is 0 Å². The van der Waals surface area contributed by atoms with Gasteiger partial charge in [0.15, 0.2) is 0 Å². The number of anilines is 2. The number of aromatic nitrogens is 2. The van der Waals surface area contributed by atoms with Crippen molar-refractivity contribution in [3.63, 3.8) is 0 Å². The summed E-state index contributed by atoms with van der Waals surface area (Å²) in [5.74, 6) is 1.52. The van der Waals surface area contributed by atoms with Crippen LogP contribution in [0.1, 0.15) is 36.0 Å². The van der Waals surface area contributed by atoms with E-state index < -0.39 is 0 Å². The minimum absolute atomic E-state index is 0.149. The fourth-order valence-corrected chi connectivity index (χ4v) is 3.30. The molecule has 0 aliphatic heterocycles. The number of carbonyl (C=O) groups is 1. The second-order valence-corrected chi connectivity index (χ2v) is 7.21. The highest BCUT2D eigenvalue weighted by Crippen LogP contribution is 2.26. The van der Waals surface area contributed by atoms with Crippen molar-refractivity contribution < 1.29 is 9.18 Å². The Balaban J connectivity index is 1.43. The van der Waals surface area contributed by atoms with Crippen LogP contribution < -0.4 is 15.5 Å². The van der Waals surface area contributed by atoms with Crippen LogP contribution in [0, 0.1) is 11.7 Å². The average molecular weight is 371 g/mol. The molecule has 27 heavy (non-hydrogen) atoms. The number of nitrogens with zero attached hydrogens (tertiary/aromatic N) is 3. The largest absolute Gasteiger partial charge is 0.363 e. The lowest BCUT2D eigenvalue weighted by Gasteiger charge is -2.29. The highest BCUT2D eigenvalue weighted by molar-refractivity contribution is 5.94. The standard InChI is InChI=1S/C20H26FN5O/c1-26(2)18-11-12-22-20(25-18)24-17-9-3-14(4-10-17)13-23-19(27)15-5-7-16(21)8-6-15/h5-8,11-12,14,17H,3-4,9-10,13H2,1-2H3,(H,23,27)(H,22,24,25). The van der Waals surface area contributed by atoms with E-state index in [1.807, 2.05) is 25.1 Å². The summed E-state index contributed by atoms with van der Waals surface area (Å²) in [5.41, 5.74) is 0.490. The molecule has 2 aromatic rings. The van der Waals surface area contributed by atoms with Crippen molar-refractivity contribution >= 4 is 17.7 Å². The molecular weight excluding hydrogens is 345 g/mol. The zero-order valence-corrected chi connectivity index (χ0v) is 15.8. The summed E-state index contributed by atoms with van der Waals surface area (Å²) in [5, 5.41) is 6.38. The molecule has 7 heteroatoms. The summed E-state index contributed by atoms with van der Waals surface area (Å²) < 4.78 is 12.9. The Labute approximate surface area is 159 Å². The lowest BCUT2D eigenvalue weighted by atomic mass is 9.86. The molecule has 0 atom stereocenters. The van der Waals surface area contributed by atoms with Gasteiger partial charge >= 0.3 is 0 Å². The maximum Gasteiger partial charge on any atom is 0.251 e. The zero-order chi connectivity index (χ0) is 19.2. The van der Waals surface area contributed by atoms with E-state index in [0.717, 1.165) is 31.5 Å². The number of carbonyl (C=O) groups excluding carboxylic acids is 1. The molecule has 1 aromatic carbocycles. The van der Waals surface area contributed by atoms with E-state index in [9.17, 15) is 9.18 Å². The van der Waals surface area contributed by atoms with E-state index in [4.69, 9.17) is 0 Å². The Morgan fingerprint density at radius 3 is 2.52 bits per heavy atom. The first-order valence-electron chi connectivity index (χ1n) is 9.32. The summed E-state index contributed by atoms with van der Waals surface area (Å²) >= 11 is 0. The maximum absolute atomic E-state index is 12.9. The van der Waals surface area contributed by atoms with Crippen molar-refractivity contribution in [1.29, 1.82) is 0 Å². The average Bonchev–Trinajstić information content (AvgIpc) is 2.68. The SMILES string of the molecule is CN(C)c1ccnc(NC2CCC(CNC(=O)c3ccc(F)cc3)CC2)n1. The number of benzene rings is 1. The van der Waals surface area contributed by atoms with E-state index in [2.05, 4.69) is 20.6 Å². The van der Waals surface area contributed by atoms with E-state index in [1.165, 1.54) is 24.3 Å². The summed E-state index contributed by atoms with van der Waals surface area (Å²) in [4.78, 5) is 22.9. The van der Waals surface area contributed by atoms with Crippen molar-refractivity contribution in [2.24, 2.45) is 5.92 Å². The zero-order valence-electron chi connectivity index (χ0n) is 15.8. The first kappa shape index (κ1) is 19.1. The molecule has 1 saturated carbocycles. The molecule has 0 radical (unpaired) electrons. The molecule has 0 saturated heterocycles. The molecule has 0 spiro atoms. The van der Waals surface area contributed by atoms with E-state index in [-0.39, 0.29) is 11.7 Å². The smallest absolute Gasteiger partial charge is 0.251 e.